The van der Waals surface area contributed by atoms with Gasteiger partial charge in [-0.05, 0) is 41.8 Å². The van der Waals surface area contributed by atoms with Crippen LogP contribution in [0.3, 0.4) is 0 Å². The molecule has 4 aromatic rings. The molecule has 0 aliphatic heterocycles. The Morgan fingerprint density at radius 1 is 0.971 bits per heavy atom. The summed E-state index contributed by atoms with van der Waals surface area (Å²) in [5, 5.41) is 12.9. The van der Waals surface area contributed by atoms with Crippen molar-refractivity contribution in [1.29, 1.82) is 0 Å². The average Bonchev–Trinajstić information content (AvgIpc) is 3.26. The molecule has 1 heterocycles. The Morgan fingerprint density at radius 2 is 1.68 bits per heavy atom. The van der Waals surface area contributed by atoms with Crippen LogP contribution in [0.4, 0.5) is 5.69 Å². The fourth-order valence-electron chi connectivity index (χ4n) is 3.51. The third kappa shape index (κ3) is 6.05. The number of aromatic nitrogens is 3. The molecule has 1 N–H and O–H groups in total. The number of nitrogens with zero attached hydrogens (tertiary/aromatic N) is 3. The number of methoxy groups -OCH3 is 1. The van der Waals surface area contributed by atoms with Crippen LogP contribution in [0.2, 0.25) is 5.02 Å². The van der Waals surface area contributed by atoms with E-state index in [0.717, 1.165) is 28.8 Å². The molecule has 0 aliphatic carbocycles. The molecule has 0 spiro atoms. The number of hydrogen-bond donors (Lipinski definition) is 1. The van der Waals surface area contributed by atoms with E-state index in [9.17, 15) is 4.79 Å². The van der Waals surface area contributed by atoms with Gasteiger partial charge in [-0.1, -0.05) is 78.0 Å². The Balaban J connectivity index is 1.42. The Morgan fingerprint density at radius 3 is 2.41 bits per heavy atom. The van der Waals surface area contributed by atoms with Crippen molar-refractivity contribution in [2.45, 2.75) is 18.1 Å². The van der Waals surface area contributed by atoms with Crippen molar-refractivity contribution < 1.29 is 9.53 Å². The zero-order valence-electron chi connectivity index (χ0n) is 18.8. The highest BCUT2D eigenvalue weighted by Crippen LogP contribution is 2.29. The lowest BCUT2D eigenvalue weighted by Crippen LogP contribution is -2.15. The van der Waals surface area contributed by atoms with Crippen LogP contribution in [0.25, 0.3) is 22.5 Å². The maximum Gasteiger partial charge on any atom is 0.234 e. The summed E-state index contributed by atoms with van der Waals surface area (Å²) in [5.74, 6) is 0.787. The van der Waals surface area contributed by atoms with Crippen LogP contribution in [-0.4, -0.2) is 40.1 Å². The van der Waals surface area contributed by atoms with Crippen molar-refractivity contribution in [1.82, 2.24) is 14.8 Å². The van der Waals surface area contributed by atoms with Crippen LogP contribution in [0.5, 0.6) is 0 Å². The predicted molar refractivity (Wildman–Crippen MR) is 138 cm³/mol. The van der Waals surface area contributed by atoms with Crippen LogP contribution in [0.1, 0.15) is 6.42 Å². The van der Waals surface area contributed by atoms with E-state index < -0.39 is 0 Å². The zero-order valence-corrected chi connectivity index (χ0v) is 20.4. The minimum absolute atomic E-state index is 0.108. The number of carbonyl (C=O) groups is 1. The van der Waals surface area contributed by atoms with Crippen LogP contribution in [0.15, 0.2) is 84.0 Å². The number of benzene rings is 3. The van der Waals surface area contributed by atoms with E-state index in [2.05, 4.69) is 27.6 Å². The molecule has 0 bridgehead atoms. The fourth-order valence-corrected chi connectivity index (χ4v) is 4.49. The van der Waals surface area contributed by atoms with Crippen molar-refractivity contribution in [2.24, 2.45) is 0 Å². The molecule has 0 unspecified atom stereocenters. The van der Waals surface area contributed by atoms with Gasteiger partial charge in [-0.15, -0.1) is 10.2 Å². The summed E-state index contributed by atoms with van der Waals surface area (Å²) in [6, 6.07) is 25.5. The van der Waals surface area contributed by atoms with Gasteiger partial charge in [-0.3, -0.25) is 4.79 Å². The molecule has 0 saturated carbocycles. The molecule has 34 heavy (non-hydrogen) atoms. The predicted octanol–water partition coefficient (Wildman–Crippen LogP) is 6.03. The highest BCUT2D eigenvalue weighted by Gasteiger charge is 2.17. The molecule has 0 saturated heterocycles. The van der Waals surface area contributed by atoms with Gasteiger partial charge in [-0.2, -0.15) is 0 Å². The Labute approximate surface area is 208 Å². The van der Waals surface area contributed by atoms with Crippen molar-refractivity contribution in [3.05, 3.63) is 83.9 Å². The minimum Gasteiger partial charge on any atom is -0.385 e. The van der Waals surface area contributed by atoms with Crippen LogP contribution < -0.4 is 5.32 Å². The van der Waals surface area contributed by atoms with E-state index >= 15 is 0 Å². The van der Waals surface area contributed by atoms with Crippen molar-refractivity contribution in [2.75, 3.05) is 24.8 Å². The summed E-state index contributed by atoms with van der Waals surface area (Å²) in [4.78, 5) is 12.6. The molecule has 4 rings (SSSR count). The SMILES string of the molecule is COCCCn1c(SCC(=O)Nc2ccc(-c3ccccc3)cc2)nnc1-c1ccccc1Cl. The maximum absolute atomic E-state index is 12.6. The second-order valence-corrected chi connectivity index (χ2v) is 8.91. The number of hydrogen-bond acceptors (Lipinski definition) is 5. The molecule has 1 aromatic heterocycles. The van der Waals surface area contributed by atoms with E-state index in [0.29, 0.717) is 29.2 Å². The third-order valence-electron chi connectivity index (χ3n) is 5.17. The third-order valence-corrected chi connectivity index (χ3v) is 6.47. The van der Waals surface area contributed by atoms with Gasteiger partial charge < -0.3 is 14.6 Å². The van der Waals surface area contributed by atoms with E-state index in [1.807, 2.05) is 71.3 Å². The number of amides is 1. The van der Waals surface area contributed by atoms with E-state index in [4.69, 9.17) is 16.3 Å². The number of anilines is 1. The van der Waals surface area contributed by atoms with Gasteiger partial charge in [-0.25, -0.2) is 0 Å². The maximum atomic E-state index is 12.6. The largest absolute Gasteiger partial charge is 0.385 e. The van der Waals surface area contributed by atoms with Crippen LogP contribution in [0, 0.1) is 0 Å². The number of halogens is 1. The normalized spacial score (nSPS) is 10.9. The molecule has 6 nitrogen and oxygen atoms in total. The van der Waals surface area contributed by atoms with Crippen molar-refractivity contribution in [3.8, 4) is 22.5 Å². The van der Waals surface area contributed by atoms with E-state index in [-0.39, 0.29) is 11.7 Å². The van der Waals surface area contributed by atoms with Crippen LogP contribution in [-0.2, 0) is 16.1 Å². The van der Waals surface area contributed by atoms with Gasteiger partial charge in [0.1, 0.15) is 0 Å². The molecule has 1 amide bonds. The van der Waals surface area contributed by atoms with Gasteiger partial charge in [0, 0.05) is 31.5 Å². The molecule has 0 fully saturated rings. The molecule has 0 aliphatic rings. The topological polar surface area (TPSA) is 69.0 Å². The van der Waals surface area contributed by atoms with Gasteiger partial charge >= 0.3 is 0 Å². The molecular weight excluding hydrogens is 468 g/mol. The first-order chi connectivity index (χ1) is 16.7. The second-order valence-electron chi connectivity index (χ2n) is 7.56. The monoisotopic (exact) mass is 492 g/mol. The standard InChI is InChI=1S/C26H25ClN4O2S/c1-33-17-7-16-31-25(22-10-5-6-11-23(22)27)29-30-26(31)34-18-24(32)28-21-14-12-20(13-15-21)19-8-3-2-4-9-19/h2-6,8-15H,7,16-18H2,1H3,(H,28,32). The first kappa shape index (κ1) is 24.0. The lowest BCUT2D eigenvalue weighted by Gasteiger charge is -2.11. The minimum atomic E-state index is -0.108. The highest BCUT2D eigenvalue weighted by molar-refractivity contribution is 7.99. The molecule has 174 valence electrons. The first-order valence-electron chi connectivity index (χ1n) is 10.9. The molecule has 3 aromatic carbocycles. The molecule has 8 heteroatoms. The zero-order chi connectivity index (χ0) is 23.8. The fraction of sp³-hybridized carbons (Fsp3) is 0.192. The summed E-state index contributed by atoms with van der Waals surface area (Å²) in [5.41, 5.74) is 3.80. The van der Waals surface area contributed by atoms with Gasteiger partial charge in [0.05, 0.1) is 10.8 Å². The number of rotatable bonds is 10. The number of nitrogens with one attached hydrogen (secondary N) is 1. The number of ether oxygens (including phenoxy) is 1. The summed E-state index contributed by atoms with van der Waals surface area (Å²) in [7, 11) is 1.67. The Kier molecular flexibility index (Phi) is 8.36. The summed E-state index contributed by atoms with van der Waals surface area (Å²) in [6.45, 7) is 1.27. The quantitative estimate of drug-likeness (QED) is 0.216. The summed E-state index contributed by atoms with van der Waals surface area (Å²) in [6.07, 6.45) is 0.791. The Bertz CT molecular complexity index is 1230. The number of thioether (sulfide) groups is 1. The summed E-state index contributed by atoms with van der Waals surface area (Å²) < 4.78 is 7.19. The smallest absolute Gasteiger partial charge is 0.234 e. The van der Waals surface area contributed by atoms with Crippen molar-refractivity contribution >= 4 is 35.0 Å². The van der Waals surface area contributed by atoms with Gasteiger partial charge in [0.15, 0.2) is 11.0 Å². The molecule has 0 atom stereocenters. The molecule has 0 radical (unpaired) electrons. The summed E-state index contributed by atoms with van der Waals surface area (Å²) >= 11 is 7.74. The molecular formula is C26H25ClN4O2S. The van der Waals surface area contributed by atoms with E-state index in [1.54, 1.807) is 7.11 Å². The second kappa shape index (κ2) is 11.8. The Hall–Kier alpha value is -3.13. The first-order valence-corrected chi connectivity index (χ1v) is 12.3. The van der Waals surface area contributed by atoms with Crippen LogP contribution >= 0.6 is 23.4 Å². The van der Waals surface area contributed by atoms with E-state index in [1.165, 1.54) is 11.8 Å². The lowest BCUT2D eigenvalue weighted by molar-refractivity contribution is -0.113. The highest BCUT2D eigenvalue weighted by atomic mass is 35.5. The lowest BCUT2D eigenvalue weighted by atomic mass is 10.1. The average molecular weight is 493 g/mol. The number of carbonyl (C=O) groups excluding carboxylic acids is 1. The van der Waals surface area contributed by atoms with Gasteiger partial charge in [0.2, 0.25) is 5.91 Å². The van der Waals surface area contributed by atoms with Gasteiger partial charge in [0.25, 0.3) is 0 Å². The van der Waals surface area contributed by atoms with Crippen molar-refractivity contribution in [3.63, 3.8) is 0 Å².